The average Bonchev–Trinajstić information content (AvgIpc) is 3.55. The quantitative estimate of drug-likeness (QED) is 0.282. The number of aromatic nitrogens is 4. The molecule has 0 bridgehead atoms. The van der Waals surface area contributed by atoms with Crippen LogP contribution in [0, 0.1) is 0 Å². The number of anilines is 1. The van der Waals surface area contributed by atoms with Gasteiger partial charge >= 0.3 is 12.2 Å². The van der Waals surface area contributed by atoms with Crippen LogP contribution in [-0.2, 0) is 22.7 Å². The third kappa shape index (κ3) is 5.39. The van der Waals surface area contributed by atoms with Crippen LogP contribution in [0.1, 0.15) is 23.6 Å². The van der Waals surface area contributed by atoms with Crippen LogP contribution in [0.15, 0.2) is 79.1 Å². The Morgan fingerprint density at radius 1 is 0.946 bits per heavy atom. The summed E-state index contributed by atoms with van der Waals surface area (Å²) in [5, 5.41) is 0.149. The van der Waals surface area contributed by atoms with Crippen molar-refractivity contribution < 1.29 is 19.1 Å². The molecule has 2 unspecified atom stereocenters. The molecule has 37 heavy (non-hydrogen) atoms. The van der Waals surface area contributed by atoms with E-state index in [1.54, 1.807) is 17.0 Å². The lowest BCUT2D eigenvalue weighted by Gasteiger charge is -2.25. The summed E-state index contributed by atoms with van der Waals surface area (Å²) in [7, 11) is 0. The van der Waals surface area contributed by atoms with Gasteiger partial charge in [-0.3, -0.25) is 0 Å². The number of hydrogen-bond acceptors (Lipinski definition) is 8. The highest BCUT2D eigenvalue weighted by molar-refractivity contribution is 6.33. The van der Waals surface area contributed by atoms with E-state index in [-0.39, 0.29) is 30.4 Å². The summed E-state index contributed by atoms with van der Waals surface area (Å²) in [4.78, 5) is 39.8. The van der Waals surface area contributed by atoms with E-state index in [0.29, 0.717) is 17.6 Å². The van der Waals surface area contributed by atoms with Crippen molar-refractivity contribution in [3.8, 4) is 0 Å². The van der Waals surface area contributed by atoms with Gasteiger partial charge in [-0.05, 0) is 17.5 Å². The van der Waals surface area contributed by atoms with Crippen LogP contribution in [0.5, 0.6) is 0 Å². The molecule has 11 heteroatoms. The Morgan fingerprint density at radius 3 is 2.14 bits per heavy atom. The Morgan fingerprint density at radius 2 is 1.54 bits per heavy atom. The summed E-state index contributed by atoms with van der Waals surface area (Å²) in [5.41, 5.74) is 8.24. The second-order valence-corrected chi connectivity index (χ2v) is 8.76. The van der Waals surface area contributed by atoms with Gasteiger partial charge in [-0.25, -0.2) is 19.5 Å². The lowest BCUT2D eigenvalue weighted by Crippen LogP contribution is -2.44. The van der Waals surface area contributed by atoms with Crippen LogP contribution in [0.25, 0.3) is 11.2 Å². The number of allylic oxidation sites excluding steroid dienone is 1. The number of benzene rings is 2. The molecule has 2 N–H and O–H groups in total. The Hall–Kier alpha value is -4.44. The van der Waals surface area contributed by atoms with Crippen LogP contribution in [-0.4, -0.2) is 42.6 Å². The van der Waals surface area contributed by atoms with Crippen molar-refractivity contribution >= 4 is 40.9 Å². The Labute approximate surface area is 217 Å². The van der Waals surface area contributed by atoms with Gasteiger partial charge < -0.3 is 19.8 Å². The van der Waals surface area contributed by atoms with Crippen molar-refractivity contribution in [2.45, 2.75) is 31.7 Å². The number of nitrogens with zero attached hydrogens (tertiary/aromatic N) is 5. The summed E-state index contributed by atoms with van der Waals surface area (Å²) < 4.78 is 12.7. The molecule has 0 aliphatic heterocycles. The molecule has 0 saturated heterocycles. The van der Waals surface area contributed by atoms with Crippen LogP contribution in [0.2, 0.25) is 5.15 Å². The highest BCUT2D eigenvalue weighted by Gasteiger charge is 2.36. The van der Waals surface area contributed by atoms with Gasteiger partial charge in [0.1, 0.15) is 18.7 Å². The zero-order valence-electron chi connectivity index (χ0n) is 19.6. The van der Waals surface area contributed by atoms with E-state index in [2.05, 4.69) is 15.0 Å². The van der Waals surface area contributed by atoms with E-state index < -0.39 is 18.2 Å². The van der Waals surface area contributed by atoms with Gasteiger partial charge in [0.15, 0.2) is 10.8 Å². The summed E-state index contributed by atoms with van der Waals surface area (Å²) in [6.45, 7) is 0.0334. The smallest absolute Gasteiger partial charge is 0.420 e. The van der Waals surface area contributed by atoms with Crippen LogP contribution >= 0.6 is 11.6 Å². The zero-order valence-corrected chi connectivity index (χ0v) is 20.4. The van der Waals surface area contributed by atoms with E-state index in [4.69, 9.17) is 26.8 Å². The topological polar surface area (TPSA) is 125 Å². The number of hydrogen-bond donors (Lipinski definition) is 1. The number of carbonyl (C=O) groups is 2. The normalized spacial score (nSPS) is 16.6. The van der Waals surface area contributed by atoms with Crippen molar-refractivity contribution in [1.82, 2.24) is 24.4 Å². The Bertz CT molecular complexity index is 1390. The fourth-order valence-electron chi connectivity index (χ4n) is 4.12. The summed E-state index contributed by atoms with van der Waals surface area (Å²) in [6.07, 6.45) is 3.95. The molecule has 0 saturated carbocycles. The van der Waals surface area contributed by atoms with E-state index >= 15 is 0 Å². The Kier molecular flexibility index (Phi) is 7.00. The van der Waals surface area contributed by atoms with E-state index in [9.17, 15) is 9.59 Å². The SMILES string of the molecule is Nc1nc(Cl)c2ncn(C3C=CC(N(C(=O)OCc4ccccc4)C(=O)OCc4ccccc4)C3)c2n1. The number of amides is 2. The first-order valence-corrected chi connectivity index (χ1v) is 11.9. The first kappa shape index (κ1) is 24.3. The molecule has 0 radical (unpaired) electrons. The first-order chi connectivity index (χ1) is 18.0. The number of nitrogen functional groups attached to an aromatic ring is 1. The molecule has 2 amide bonds. The number of carbonyl (C=O) groups excluding carboxylic acids is 2. The molecular weight excluding hydrogens is 496 g/mol. The second-order valence-electron chi connectivity index (χ2n) is 8.40. The molecule has 2 aromatic carbocycles. The number of ether oxygens (including phenoxy) is 2. The summed E-state index contributed by atoms with van der Waals surface area (Å²) in [5.74, 6) is 0.0217. The van der Waals surface area contributed by atoms with E-state index in [1.807, 2.05) is 66.7 Å². The molecule has 4 aromatic rings. The van der Waals surface area contributed by atoms with Gasteiger partial charge in [-0.1, -0.05) is 84.4 Å². The molecule has 1 aliphatic rings. The molecule has 2 aromatic heterocycles. The number of nitrogens with two attached hydrogens (primary N) is 1. The Balaban J connectivity index is 1.35. The van der Waals surface area contributed by atoms with Crippen molar-refractivity contribution in [3.63, 3.8) is 0 Å². The number of imide groups is 1. The fourth-order valence-corrected chi connectivity index (χ4v) is 4.34. The van der Waals surface area contributed by atoms with Crippen molar-refractivity contribution in [2.75, 3.05) is 5.73 Å². The second kappa shape index (κ2) is 10.7. The summed E-state index contributed by atoms with van der Waals surface area (Å²) in [6, 6.07) is 17.6. The van der Waals surface area contributed by atoms with Gasteiger partial charge in [-0.15, -0.1) is 0 Å². The minimum atomic E-state index is -0.803. The highest BCUT2D eigenvalue weighted by Crippen LogP contribution is 2.31. The zero-order chi connectivity index (χ0) is 25.8. The lowest BCUT2D eigenvalue weighted by atomic mass is 10.2. The minimum Gasteiger partial charge on any atom is -0.444 e. The highest BCUT2D eigenvalue weighted by atomic mass is 35.5. The van der Waals surface area contributed by atoms with Crippen molar-refractivity contribution in [1.29, 1.82) is 0 Å². The molecule has 1 aliphatic carbocycles. The number of fused-ring (bicyclic) bond motifs is 1. The van der Waals surface area contributed by atoms with Crippen molar-refractivity contribution in [3.05, 3.63) is 95.4 Å². The minimum absolute atomic E-state index is 0.0167. The fraction of sp³-hybridized carbons (Fsp3) is 0.192. The molecule has 5 rings (SSSR count). The molecule has 2 atom stereocenters. The van der Waals surface area contributed by atoms with E-state index in [0.717, 1.165) is 16.0 Å². The number of halogens is 1. The van der Waals surface area contributed by atoms with Crippen LogP contribution in [0.4, 0.5) is 15.5 Å². The molecule has 2 heterocycles. The largest absolute Gasteiger partial charge is 0.444 e. The molecule has 188 valence electrons. The van der Waals surface area contributed by atoms with Gasteiger partial charge in [0.25, 0.3) is 0 Å². The lowest BCUT2D eigenvalue weighted by molar-refractivity contribution is 0.0612. The van der Waals surface area contributed by atoms with Gasteiger partial charge in [-0.2, -0.15) is 9.97 Å². The standard InChI is InChI=1S/C26H23ClN6O4/c27-22-21-23(31-24(28)30-22)32(16-29-21)19-11-12-20(13-19)33(25(34)36-14-17-7-3-1-4-8-17)26(35)37-15-18-9-5-2-6-10-18/h1-12,16,19-20H,13-15H2,(H2,28,30,31). The monoisotopic (exact) mass is 518 g/mol. The maximum atomic E-state index is 13.1. The first-order valence-electron chi connectivity index (χ1n) is 11.5. The molecule has 10 nitrogen and oxygen atoms in total. The predicted octanol–water partition coefficient (Wildman–Crippen LogP) is 4.91. The van der Waals surface area contributed by atoms with Gasteiger partial charge in [0.2, 0.25) is 5.95 Å². The molecule has 0 spiro atoms. The number of rotatable bonds is 6. The molecular formula is C26H23ClN6O4. The maximum Gasteiger partial charge on any atom is 0.420 e. The van der Waals surface area contributed by atoms with E-state index in [1.165, 1.54) is 0 Å². The third-order valence-corrected chi connectivity index (χ3v) is 6.19. The average molecular weight is 519 g/mol. The van der Waals surface area contributed by atoms with Crippen LogP contribution < -0.4 is 5.73 Å². The molecule has 0 fully saturated rings. The van der Waals surface area contributed by atoms with Crippen LogP contribution in [0.3, 0.4) is 0 Å². The number of imidazole rings is 1. The van der Waals surface area contributed by atoms with Gasteiger partial charge in [0, 0.05) is 0 Å². The summed E-state index contributed by atoms with van der Waals surface area (Å²) >= 11 is 6.16. The van der Waals surface area contributed by atoms with Gasteiger partial charge in [0.05, 0.1) is 18.4 Å². The third-order valence-electron chi connectivity index (χ3n) is 5.93. The predicted molar refractivity (Wildman–Crippen MR) is 136 cm³/mol. The van der Waals surface area contributed by atoms with Crippen molar-refractivity contribution in [2.24, 2.45) is 0 Å². The maximum absolute atomic E-state index is 13.1.